The predicted molar refractivity (Wildman–Crippen MR) is 63.7 cm³/mol. The average Bonchev–Trinajstić information content (AvgIpc) is 2.95. The molecule has 16 heavy (non-hydrogen) atoms. The van der Waals surface area contributed by atoms with Gasteiger partial charge in [0, 0.05) is 17.0 Å². The molecule has 2 aliphatic rings. The molecule has 1 spiro atoms. The van der Waals surface area contributed by atoms with E-state index in [0.717, 1.165) is 19.4 Å². The number of hydrogen-bond donors (Lipinski definition) is 1. The standard InChI is InChI=1S/C11H12ClNO2S/c12-8-1-2-10-9(5-8)13-6-11(3-4-11)7-16(10,14)15/h1-2,5,13H,3-4,6-7H2. The molecule has 5 heteroatoms. The van der Waals surface area contributed by atoms with Gasteiger partial charge in [0.05, 0.1) is 16.3 Å². The maximum Gasteiger partial charge on any atom is 0.181 e. The van der Waals surface area contributed by atoms with Gasteiger partial charge in [-0.1, -0.05) is 11.6 Å². The van der Waals surface area contributed by atoms with Crippen LogP contribution in [0.5, 0.6) is 0 Å². The first-order valence-corrected chi connectivity index (χ1v) is 7.30. The van der Waals surface area contributed by atoms with Gasteiger partial charge in [-0.2, -0.15) is 0 Å². The molecule has 1 N–H and O–H groups in total. The van der Waals surface area contributed by atoms with Crippen molar-refractivity contribution in [2.75, 3.05) is 17.6 Å². The van der Waals surface area contributed by atoms with E-state index < -0.39 is 9.84 Å². The van der Waals surface area contributed by atoms with E-state index >= 15 is 0 Å². The van der Waals surface area contributed by atoms with Gasteiger partial charge in [0.25, 0.3) is 0 Å². The lowest BCUT2D eigenvalue weighted by Gasteiger charge is -2.09. The van der Waals surface area contributed by atoms with E-state index in [4.69, 9.17) is 11.6 Å². The zero-order valence-corrected chi connectivity index (χ0v) is 10.2. The maximum absolute atomic E-state index is 12.2. The van der Waals surface area contributed by atoms with Crippen LogP contribution in [0.1, 0.15) is 12.8 Å². The summed E-state index contributed by atoms with van der Waals surface area (Å²) in [7, 11) is -3.16. The van der Waals surface area contributed by atoms with E-state index in [9.17, 15) is 8.42 Å². The van der Waals surface area contributed by atoms with Gasteiger partial charge in [-0.25, -0.2) is 8.42 Å². The molecule has 0 bridgehead atoms. The van der Waals surface area contributed by atoms with Crippen LogP contribution in [0.2, 0.25) is 5.02 Å². The van der Waals surface area contributed by atoms with Crippen LogP contribution in [-0.4, -0.2) is 20.7 Å². The molecule has 1 aliphatic carbocycles. The highest BCUT2D eigenvalue weighted by Gasteiger charge is 2.48. The zero-order valence-electron chi connectivity index (χ0n) is 8.66. The van der Waals surface area contributed by atoms with Crippen molar-refractivity contribution < 1.29 is 8.42 Å². The van der Waals surface area contributed by atoms with E-state index in [-0.39, 0.29) is 11.2 Å². The second kappa shape index (κ2) is 3.14. The van der Waals surface area contributed by atoms with Crippen LogP contribution in [0.3, 0.4) is 0 Å². The quantitative estimate of drug-likeness (QED) is 0.776. The second-order valence-electron chi connectivity index (χ2n) is 4.75. The van der Waals surface area contributed by atoms with Gasteiger partial charge in [-0.15, -0.1) is 0 Å². The second-order valence-corrected chi connectivity index (χ2v) is 7.15. The fraction of sp³-hybridized carbons (Fsp3) is 0.455. The Hall–Kier alpha value is -0.740. The third-order valence-corrected chi connectivity index (χ3v) is 5.64. The van der Waals surface area contributed by atoms with Crippen LogP contribution in [0.25, 0.3) is 0 Å². The lowest BCUT2D eigenvalue weighted by molar-refractivity contribution is 0.562. The lowest BCUT2D eigenvalue weighted by Crippen LogP contribution is -2.20. The highest BCUT2D eigenvalue weighted by atomic mass is 35.5. The molecule has 1 aliphatic heterocycles. The molecule has 1 fully saturated rings. The summed E-state index contributed by atoms with van der Waals surface area (Å²) >= 11 is 5.87. The third kappa shape index (κ3) is 1.60. The Morgan fingerprint density at radius 2 is 2.06 bits per heavy atom. The summed E-state index contributed by atoms with van der Waals surface area (Å²) in [6.07, 6.45) is 2.00. The molecular formula is C11H12ClNO2S. The summed E-state index contributed by atoms with van der Waals surface area (Å²) in [5, 5.41) is 3.77. The van der Waals surface area contributed by atoms with Gasteiger partial charge in [-0.3, -0.25) is 0 Å². The number of hydrogen-bond acceptors (Lipinski definition) is 3. The number of nitrogens with one attached hydrogen (secondary N) is 1. The van der Waals surface area contributed by atoms with Gasteiger partial charge in [-0.05, 0) is 31.0 Å². The Morgan fingerprint density at radius 1 is 1.31 bits per heavy atom. The van der Waals surface area contributed by atoms with E-state index in [1.807, 2.05) is 0 Å². The normalized spacial score (nSPS) is 24.3. The van der Waals surface area contributed by atoms with Crippen molar-refractivity contribution in [1.82, 2.24) is 0 Å². The van der Waals surface area contributed by atoms with Crippen molar-refractivity contribution in [3.63, 3.8) is 0 Å². The number of anilines is 1. The highest BCUT2D eigenvalue weighted by Crippen LogP contribution is 2.49. The fourth-order valence-corrected chi connectivity index (χ4v) is 4.49. The molecule has 0 aromatic heterocycles. The first-order chi connectivity index (χ1) is 7.51. The molecule has 86 valence electrons. The van der Waals surface area contributed by atoms with Gasteiger partial charge >= 0.3 is 0 Å². The van der Waals surface area contributed by atoms with E-state index in [0.29, 0.717) is 15.6 Å². The Morgan fingerprint density at radius 3 is 2.75 bits per heavy atom. The van der Waals surface area contributed by atoms with Crippen LogP contribution in [0, 0.1) is 5.41 Å². The number of halogens is 1. The Bertz CT molecular complexity index is 549. The smallest absolute Gasteiger partial charge is 0.181 e. The number of fused-ring (bicyclic) bond motifs is 1. The molecule has 0 saturated heterocycles. The summed E-state index contributed by atoms with van der Waals surface area (Å²) in [5.41, 5.74) is 0.626. The third-order valence-electron chi connectivity index (χ3n) is 3.38. The number of sulfone groups is 1. The molecule has 1 saturated carbocycles. The first kappa shape index (κ1) is 10.4. The van der Waals surface area contributed by atoms with Crippen LogP contribution in [-0.2, 0) is 9.84 Å². The van der Waals surface area contributed by atoms with Gasteiger partial charge in [0.1, 0.15) is 0 Å². The van der Waals surface area contributed by atoms with E-state index in [1.165, 1.54) is 0 Å². The highest BCUT2D eigenvalue weighted by molar-refractivity contribution is 7.91. The largest absolute Gasteiger partial charge is 0.383 e. The Balaban J connectivity index is 2.15. The lowest BCUT2D eigenvalue weighted by atomic mass is 10.1. The first-order valence-electron chi connectivity index (χ1n) is 5.27. The molecule has 0 atom stereocenters. The van der Waals surface area contributed by atoms with Gasteiger partial charge in [0.2, 0.25) is 0 Å². The monoisotopic (exact) mass is 257 g/mol. The summed E-state index contributed by atoms with van der Waals surface area (Å²) in [6.45, 7) is 0.736. The predicted octanol–water partition coefficient (Wildman–Crippen LogP) is 2.32. The van der Waals surface area contributed by atoms with Crippen molar-refractivity contribution >= 4 is 27.1 Å². The molecule has 1 aromatic rings. The van der Waals surface area contributed by atoms with Crippen LogP contribution >= 0.6 is 11.6 Å². The van der Waals surface area contributed by atoms with Crippen LogP contribution in [0.15, 0.2) is 23.1 Å². The van der Waals surface area contributed by atoms with E-state index in [1.54, 1.807) is 18.2 Å². The van der Waals surface area contributed by atoms with Crippen molar-refractivity contribution in [2.24, 2.45) is 5.41 Å². The van der Waals surface area contributed by atoms with Crippen LogP contribution in [0.4, 0.5) is 5.69 Å². The summed E-state index contributed by atoms with van der Waals surface area (Å²) in [4.78, 5) is 0.390. The molecular weight excluding hydrogens is 246 g/mol. The summed E-state index contributed by atoms with van der Waals surface area (Å²) < 4.78 is 24.4. The van der Waals surface area contributed by atoms with E-state index in [2.05, 4.69) is 5.32 Å². The minimum Gasteiger partial charge on any atom is -0.383 e. The Kier molecular flexibility index (Phi) is 2.04. The fourth-order valence-electron chi connectivity index (χ4n) is 2.22. The Labute approximate surface area is 99.7 Å². The molecule has 0 unspecified atom stereocenters. The average molecular weight is 258 g/mol. The molecule has 3 nitrogen and oxygen atoms in total. The molecule has 0 amide bonds. The minimum absolute atomic E-state index is 0.0235. The van der Waals surface area contributed by atoms with Crippen molar-refractivity contribution in [2.45, 2.75) is 17.7 Å². The number of rotatable bonds is 0. The SMILES string of the molecule is O=S1(=O)CC2(CC2)CNc2cc(Cl)ccc21. The van der Waals surface area contributed by atoms with Gasteiger partial charge in [0.15, 0.2) is 9.84 Å². The van der Waals surface area contributed by atoms with Crippen molar-refractivity contribution in [3.8, 4) is 0 Å². The molecule has 0 radical (unpaired) electrons. The zero-order chi connectivity index (χ0) is 11.4. The minimum atomic E-state index is -3.16. The molecule has 1 aromatic carbocycles. The topological polar surface area (TPSA) is 46.2 Å². The van der Waals surface area contributed by atoms with Crippen molar-refractivity contribution in [3.05, 3.63) is 23.2 Å². The van der Waals surface area contributed by atoms with Gasteiger partial charge < -0.3 is 5.32 Å². The summed E-state index contributed by atoms with van der Waals surface area (Å²) in [6, 6.07) is 4.92. The van der Waals surface area contributed by atoms with Crippen molar-refractivity contribution in [1.29, 1.82) is 0 Å². The molecule has 3 rings (SSSR count). The maximum atomic E-state index is 12.2. The van der Waals surface area contributed by atoms with Crippen LogP contribution < -0.4 is 5.32 Å². The summed E-state index contributed by atoms with van der Waals surface area (Å²) in [5.74, 6) is 0.266. The molecule has 1 heterocycles. The number of benzene rings is 1.